The first kappa shape index (κ1) is 62.7. The largest absolute Gasteiger partial charge is 0.489 e. The van der Waals surface area contributed by atoms with Gasteiger partial charge in [0, 0.05) is 83.1 Å². The van der Waals surface area contributed by atoms with Gasteiger partial charge in [0.1, 0.15) is 34.7 Å². The van der Waals surface area contributed by atoms with E-state index >= 15 is 0 Å². The number of anilines is 3. The quantitative estimate of drug-likeness (QED) is 0.0154. The first-order chi connectivity index (χ1) is 40.2. The molecule has 0 aliphatic carbocycles. The van der Waals surface area contributed by atoms with E-state index in [4.69, 9.17) is 4.74 Å². The first-order valence-corrected chi connectivity index (χ1v) is 32.9. The van der Waals surface area contributed by atoms with Crippen molar-refractivity contribution in [2.45, 2.75) is 110 Å². The molecular weight excluding hydrogens is 1190 g/mol. The highest BCUT2D eigenvalue weighted by molar-refractivity contribution is 7.87. The number of aliphatic carboxylic acids is 1. The van der Waals surface area contributed by atoms with Gasteiger partial charge in [0.2, 0.25) is 17.5 Å². The lowest BCUT2D eigenvalue weighted by molar-refractivity contribution is -0.433. The van der Waals surface area contributed by atoms with Crippen molar-refractivity contribution < 1.29 is 80.7 Å². The molecule has 6 aromatic rings. The number of nitrogens with one attached hydrogen (secondary N) is 2. The van der Waals surface area contributed by atoms with Crippen LogP contribution in [0.3, 0.4) is 0 Å². The Labute approximate surface area is 498 Å². The van der Waals surface area contributed by atoms with E-state index in [-0.39, 0.29) is 47.0 Å². The van der Waals surface area contributed by atoms with Gasteiger partial charge in [0.15, 0.2) is 5.71 Å². The van der Waals surface area contributed by atoms with E-state index in [1.807, 2.05) is 68.4 Å². The molecule has 1 unspecified atom stereocenters. The van der Waals surface area contributed by atoms with Crippen molar-refractivity contribution in [1.82, 2.24) is 5.32 Å². The Balaban J connectivity index is 0.883. The van der Waals surface area contributed by atoms with Crippen molar-refractivity contribution in [3.8, 4) is 5.75 Å². The summed E-state index contributed by atoms with van der Waals surface area (Å²) in [6.07, 6.45) is 11.0. The van der Waals surface area contributed by atoms with Gasteiger partial charge in [-0.15, -0.1) is 0 Å². The highest BCUT2D eigenvalue weighted by Gasteiger charge is 2.46. The molecule has 2 amide bonds. The molecule has 0 aromatic heterocycles. The van der Waals surface area contributed by atoms with Gasteiger partial charge >= 0.3 is 5.97 Å². The number of amides is 2. The third-order valence-electron chi connectivity index (χ3n) is 16.0. The van der Waals surface area contributed by atoms with Crippen LogP contribution < -0.4 is 25.2 Å². The van der Waals surface area contributed by atoms with Crippen LogP contribution in [0.2, 0.25) is 0 Å². The number of carboxylic acids is 1. The van der Waals surface area contributed by atoms with Gasteiger partial charge in [0.05, 0.1) is 21.8 Å². The van der Waals surface area contributed by atoms with E-state index in [0.29, 0.717) is 90.5 Å². The van der Waals surface area contributed by atoms with Crippen LogP contribution in [0.15, 0.2) is 147 Å². The van der Waals surface area contributed by atoms with Gasteiger partial charge in [-0.05, 0) is 134 Å². The van der Waals surface area contributed by atoms with Crippen LogP contribution in [0.1, 0.15) is 82.6 Å². The Morgan fingerprint density at radius 3 is 1.87 bits per heavy atom. The number of fused-ring (bicyclic) bond motifs is 7. The lowest BCUT2D eigenvalue weighted by Crippen LogP contribution is -2.35. The summed E-state index contributed by atoms with van der Waals surface area (Å²) in [7, 11) is -18.1. The molecule has 454 valence electrons. The average Bonchev–Trinajstić information content (AvgIpc) is 1.53. The van der Waals surface area contributed by atoms with E-state index in [1.165, 1.54) is 18.2 Å². The predicted molar refractivity (Wildman–Crippen MR) is 323 cm³/mol. The topological polar surface area (TPSA) is 332 Å². The fourth-order valence-electron chi connectivity index (χ4n) is 11.9. The molecule has 0 fully saturated rings. The van der Waals surface area contributed by atoms with Crippen molar-refractivity contribution in [1.29, 1.82) is 0 Å². The molecule has 0 saturated heterocycles. The van der Waals surface area contributed by atoms with E-state index in [2.05, 4.69) is 10.6 Å². The zero-order valence-electron chi connectivity index (χ0n) is 47.6. The van der Waals surface area contributed by atoms with E-state index in [0.717, 1.165) is 28.6 Å². The number of benzene rings is 6. The van der Waals surface area contributed by atoms with Crippen LogP contribution >= 0.6 is 0 Å². The summed E-state index contributed by atoms with van der Waals surface area (Å²) in [5, 5.41) is 15.3. The van der Waals surface area contributed by atoms with Gasteiger partial charge < -0.3 is 30.3 Å². The Morgan fingerprint density at radius 1 is 0.674 bits per heavy atom. The minimum Gasteiger partial charge on any atom is -0.489 e. The van der Waals surface area contributed by atoms with Crippen LogP contribution in [0.25, 0.3) is 21.5 Å². The molecule has 86 heavy (non-hydrogen) atoms. The number of rotatable bonds is 21. The fourth-order valence-corrected chi connectivity index (χ4v) is 14.6. The molecule has 3 aliphatic heterocycles. The maximum absolute atomic E-state index is 13.0. The fraction of sp³-hybridized carbons (Fsp3) is 0.300. The van der Waals surface area contributed by atoms with Crippen LogP contribution in [0.4, 0.5) is 22.7 Å². The van der Waals surface area contributed by atoms with Gasteiger partial charge in [-0.3, -0.25) is 27.8 Å². The lowest BCUT2D eigenvalue weighted by atomic mass is 9.79. The number of carbonyl (C=O) groups excluding carboxylic acids is 2. The molecule has 0 bridgehead atoms. The zero-order valence-corrected chi connectivity index (χ0v) is 50.9. The minimum absolute atomic E-state index is 0.0141. The molecule has 7 N–H and O–H groups in total. The molecule has 0 spiro atoms. The smallest absolute Gasteiger partial charge is 0.326 e. The number of ether oxygens (including phenoxy) is 1. The Morgan fingerprint density at radius 2 is 1.28 bits per heavy atom. The summed E-state index contributed by atoms with van der Waals surface area (Å²) >= 11 is 0. The van der Waals surface area contributed by atoms with E-state index in [1.54, 1.807) is 72.6 Å². The monoisotopic (exact) mass is 1250 g/mol. The summed E-state index contributed by atoms with van der Waals surface area (Å²) in [6, 6.07) is 21.8. The second-order valence-corrected chi connectivity index (χ2v) is 27.9. The summed E-state index contributed by atoms with van der Waals surface area (Å²) < 4.78 is 149. The number of hydrogen-bond donors (Lipinski definition) is 7. The number of likely N-dealkylation sites (N-methyl/N-ethyl adjacent to an activating group) is 1. The van der Waals surface area contributed by atoms with Crippen LogP contribution in [-0.4, -0.2) is 118 Å². The van der Waals surface area contributed by atoms with Crippen molar-refractivity contribution in [3.63, 3.8) is 0 Å². The molecular formula is C60H64N5O17S4+. The maximum Gasteiger partial charge on any atom is 0.326 e. The maximum atomic E-state index is 13.0. The number of nitrogens with zero attached hydrogens (tertiary/aromatic N) is 3. The van der Waals surface area contributed by atoms with Crippen molar-refractivity contribution in [2.24, 2.45) is 0 Å². The van der Waals surface area contributed by atoms with Gasteiger partial charge in [-0.2, -0.15) is 38.2 Å². The highest BCUT2D eigenvalue weighted by Crippen LogP contribution is 2.52. The Bertz CT molecular complexity index is 4420. The summed E-state index contributed by atoms with van der Waals surface area (Å²) in [6.45, 7) is 10.1. The van der Waals surface area contributed by atoms with Crippen molar-refractivity contribution in [2.75, 3.05) is 41.8 Å². The molecule has 1 atom stereocenters. The predicted octanol–water partition coefficient (Wildman–Crippen LogP) is 8.51. The average molecular weight is 1260 g/mol. The number of carboxylic acid groups (broad SMARTS) is 1. The molecule has 22 nitrogen and oxygen atoms in total. The third-order valence-corrected chi connectivity index (χ3v) is 19.4. The Kier molecular flexibility index (Phi) is 17.1. The van der Waals surface area contributed by atoms with Crippen LogP contribution in [0.5, 0.6) is 5.75 Å². The van der Waals surface area contributed by atoms with Crippen molar-refractivity contribution >= 4 is 108 Å². The highest BCUT2D eigenvalue weighted by atomic mass is 32.2. The second kappa shape index (κ2) is 23.5. The van der Waals surface area contributed by atoms with E-state index < -0.39 is 88.8 Å². The summed E-state index contributed by atoms with van der Waals surface area (Å²) in [5.41, 5.74) is 4.88. The normalized spacial score (nSPS) is 17.0. The zero-order chi connectivity index (χ0) is 62.6. The number of hydrogen-bond acceptors (Lipinski definition) is 14. The van der Waals surface area contributed by atoms with Crippen LogP contribution in [0, 0.1) is 0 Å². The summed E-state index contributed by atoms with van der Waals surface area (Å²) in [5.74, 6) is -1.08. The SMILES string of the molecule is CC[N+]1=C(/C=C/C=C/C=C2/N(CCCCCC(=O)NCC(=O)Nc3ccc(COc4ccc5c(c4)CC(C(=O)O)N5C)cc3)c3ccc4c(S(=O)(=O)O)cc(S(=O)(=O)O)cc4c3C2(C)C)C(C)(C)c2c1ccc1c(S(=O)(=O)O)cc(S(=O)(=O)O)cc21. The second-order valence-electron chi connectivity index (χ2n) is 22.3. The summed E-state index contributed by atoms with van der Waals surface area (Å²) in [4.78, 5) is 38.3. The van der Waals surface area contributed by atoms with Gasteiger partial charge in [-0.25, -0.2) is 4.79 Å². The Hall–Kier alpha value is -7.82. The third kappa shape index (κ3) is 12.6. The molecule has 0 radical (unpaired) electrons. The van der Waals surface area contributed by atoms with Crippen LogP contribution in [-0.2, 0) is 78.7 Å². The molecule has 3 heterocycles. The standard InChI is InChI=1S/C60H63N5O17S4/c1-7-64-47-25-22-42-44(30-40(83(70,71)72)32-50(42)85(76,77)78)56(47)59(2,3)52(64)14-10-8-11-15-53-60(4,5)57-45-31-41(84(73,74)75)33-51(86(79,80)81)43(45)23-26-48(57)65(53)27-13-9-12-16-54(66)61-34-55(67)62-38-19-17-36(18-20-38)35-82-39-21-24-46-37(28-39)29-49(58(68)69)63(46)6/h8,10-11,14-15,17-26,28,30-33,49H,7,9,12-13,16,27,29,34-35H2,1-6H3,(H6-,61,62,66,67,68,69,70,71,72,73,74,75,76,77,78,79,80,81)/p+1. The van der Waals surface area contributed by atoms with Gasteiger partial charge in [-0.1, -0.05) is 56.7 Å². The van der Waals surface area contributed by atoms with Gasteiger partial charge in [0.25, 0.3) is 40.5 Å². The lowest BCUT2D eigenvalue weighted by Gasteiger charge is -2.27. The number of allylic oxidation sites excluding steroid dienone is 6. The number of unbranched alkanes of at least 4 members (excludes halogenated alkanes) is 2. The molecule has 3 aliphatic rings. The molecule has 9 rings (SSSR count). The van der Waals surface area contributed by atoms with Crippen molar-refractivity contribution in [3.05, 3.63) is 149 Å². The molecule has 26 heteroatoms. The van der Waals surface area contributed by atoms with E-state index in [9.17, 15) is 71.4 Å². The number of carbonyl (C=O) groups is 3. The minimum atomic E-state index is -5.01. The molecule has 6 aromatic carbocycles. The molecule has 0 saturated carbocycles. The first-order valence-electron chi connectivity index (χ1n) is 27.2.